The van der Waals surface area contributed by atoms with Gasteiger partial charge >= 0.3 is 0 Å². The minimum absolute atomic E-state index is 0.127. The number of nitrogens with zero attached hydrogens (tertiary/aromatic N) is 1. The highest BCUT2D eigenvalue weighted by Gasteiger charge is 2.27. The van der Waals surface area contributed by atoms with Crippen molar-refractivity contribution < 1.29 is 14.4 Å². The number of hydrogen-bond acceptors (Lipinski definition) is 4. The van der Waals surface area contributed by atoms with Crippen molar-refractivity contribution in [3.8, 4) is 0 Å². The monoisotopic (exact) mass is 268 g/mol. The number of hydrogen-bond donors (Lipinski definition) is 2. The average molecular weight is 268 g/mol. The highest BCUT2D eigenvalue weighted by Crippen LogP contribution is 2.19. The zero-order valence-electron chi connectivity index (χ0n) is 12.4. The van der Waals surface area contributed by atoms with E-state index < -0.39 is 5.60 Å². The standard InChI is InChI=1S/C14H24N2O3/c1-6-9(2)14(5,18)8-15-13(17)7-12-10(3)16-19-11(12)4/h9,18H,6-8H2,1-5H3,(H,15,17). The Morgan fingerprint density at radius 1 is 1.53 bits per heavy atom. The lowest BCUT2D eigenvalue weighted by Crippen LogP contribution is -2.45. The average Bonchev–Trinajstić information content (AvgIpc) is 2.67. The molecule has 0 aliphatic heterocycles. The predicted molar refractivity (Wildman–Crippen MR) is 72.8 cm³/mol. The largest absolute Gasteiger partial charge is 0.388 e. The molecule has 0 aromatic carbocycles. The van der Waals surface area contributed by atoms with Crippen molar-refractivity contribution in [3.63, 3.8) is 0 Å². The molecular weight excluding hydrogens is 244 g/mol. The first kappa shape index (κ1) is 15.7. The Labute approximate surface area is 114 Å². The summed E-state index contributed by atoms with van der Waals surface area (Å²) in [7, 11) is 0. The Balaban J connectivity index is 2.53. The first-order chi connectivity index (χ1) is 8.77. The van der Waals surface area contributed by atoms with Gasteiger partial charge in [0.2, 0.25) is 5.91 Å². The fraction of sp³-hybridized carbons (Fsp3) is 0.714. The van der Waals surface area contributed by atoms with Gasteiger partial charge in [0.1, 0.15) is 5.76 Å². The van der Waals surface area contributed by atoms with E-state index in [1.165, 1.54) is 0 Å². The number of rotatable bonds is 6. The van der Waals surface area contributed by atoms with E-state index >= 15 is 0 Å². The highest BCUT2D eigenvalue weighted by atomic mass is 16.5. The number of nitrogens with one attached hydrogen (secondary N) is 1. The number of carbonyl (C=O) groups is 1. The lowest BCUT2D eigenvalue weighted by atomic mass is 9.88. The second-order valence-electron chi connectivity index (χ2n) is 5.42. The van der Waals surface area contributed by atoms with Gasteiger partial charge < -0.3 is 14.9 Å². The summed E-state index contributed by atoms with van der Waals surface area (Å²) >= 11 is 0. The quantitative estimate of drug-likeness (QED) is 0.824. The van der Waals surface area contributed by atoms with Gasteiger partial charge in [-0.25, -0.2) is 0 Å². The van der Waals surface area contributed by atoms with Crippen molar-refractivity contribution in [1.82, 2.24) is 10.5 Å². The minimum Gasteiger partial charge on any atom is -0.388 e. The van der Waals surface area contributed by atoms with Crippen LogP contribution in [0.3, 0.4) is 0 Å². The van der Waals surface area contributed by atoms with Crippen molar-refractivity contribution in [2.75, 3.05) is 6.54 Å². The van der Waals surface area contributed by atoms with Crippen LogP contribution in [-0.4, -0.2) is 28.3 Å². The van der Waals surface area contributed by atoms with E-state index in [1.54, 1.807) is 13.8 Å². The molecule has 1 aromatic heterocycles. The van der Waals surface area contributed by atoms with Crippen molar-refractivity contribution in [1.29, 1.82) is 0 Å². The Morgan fingerprint density at radius 3 is 2.63 bits per heavy atom. The summed E-state index contributed by atoms with van der Waals surface area (Å²) in [5.74, 6) is 0.672. The predicted octanol–water partition coefficient (Wildman–Crippen LogP) is 1.75. The lowest BCUT2D eigenvalue weighted by molar-refractivity contribution is -0.122. The van der Waals surface area contributed by atoms with Crippen LogP contribution in [0.25, 0.3) is 0 Å². The molecule has 0 aliphatic rings. The van der Waals surface area contributed by atoms with E-state index in [0.717, 1.165) is 17.7 Å². The van der Waals surface area contributed by atoms with E-state index in [0.29, 0.717) is 5.76 Å². The Bertz CT molecular complexity index is 418. The summed E-state index contributed by atoms with van der Waals surface area (Å²) in [6.45, 7) is 9.60. The number of carbonyl (C=O) groups excluding carboxylic acids is 1. The molecule has 1 rings (SSSR count). The van der Waals surface area contributed by atoms with Crippen LogP contribution >= 0.6 is 0 Å². The molecule has 0 saturated carbocycles. The minimum atomic E-state index is -0.886. The summed E-state index contributed by atoms with van der Waals surface area (Å²) in [6, 6.07) is 0. The molecule has 1 aromatic rings. The molecule has 5 heteroatoms. The fourth-order valence-electron chi connectivity index (χ4n) is 1.87. The molecule has 2 N–H and O–H groups in total. The molecule has 0 aliphatic carbocycles. The Morgan fingerprint density at radius 2 is 2.16 bits per heavy atom. The summed E-state index contributed by atoms with van der Waals surface area (Å²) in [6.07, 6.45) is 1.10. The zero-order valence-corrected chi connectivity index (χ0v) is 12.4. The van der Waals surface area contributed by atoms with E-state index in [1.807, 2.05) is 20.8 Å². The van der Waals surface area contributed by atoms with Gasteiger partial charge in [-0.15, -0.1) is 0 Å². The van der Waals surface area contributed by atoms with Crippen molar-refractivity contribution in [3.05, 3.63) is 17.0 Å². The van der Waals surface area contributed by atoms with Crippen LogP contribution in [0.1, 0.15) is 44.2 Å². The smallest absolute Gasteiger partial charge is 0.224 e. The van der Waals surface area contributed by atoms with Crippen molar-refractivity contribution in [2.45, 2.75) is 53.1 Å². The SMILES string of the molecule is CCC(C)C(C)(O)CNC(=O)Cc1c(C)noc1C. The first-order valence-corrected chi connectivity index (χ1v) is 6.68. The molecule has 108 valence electrons. The molecular formula is C14H24N2O3. The molecule has 0 spiro atoms. The molecule has 0 radical (unpaired) electrons. The normalized spacial score (nSPS) is 15.9. The molecule has 1 amide bonds. The summed E-state index contributed by atoms with van der Waals surface area (Å²) < 4.78 is 5.02. The molecule has 0 saturated heterocycles. The van der Waals surface area contributed by atoms with Crippen LogP contribution in [0.4, 0.5) is 0 Å². The molecule has 1 heterocycles. The van der Waals surface area contributed by atoms with Gasteiger partial charge in [-0.2, -0.15) is 0 Å². The van der Waals surface area contributed by atoms with E-state index in [4.69, 9.17) is 4.52 Å². The third-order valence-corrected chi connectivity index (χ3v) is 3.84. The van der Waals surface area contributed by atoms with Gasteiger partial charge in [0.15, 0.2) is 0 Å². The third-order valence-electron chi connectivity index (χ3n) is 3.84. The van der Waals surface area contributed by atoms with Gasteiger partial charge in [0.25, 0.3) is 0 Å². The number of amides is 1. The van der Waals surface area contributed by atoms with Crippen LogP contribution < -0.4 is 5.32 Å². The third kappa shape index (κ3) is 4.06. The molecule has 5 nitrogen and oxygen atoms in total. The van der Waals surface area contributed by atoms with Gasteiger partial charge in [-0.1, -0.05) is 25.4 Å². The highest BCUT2D eigenvalue weighted by molar-refractivity contribution is 5.79. The number of aryl methyl sites for hydroxylation is 2. The molecule has 0 fully saturated rings. The second-order valence-corrected chi connectivity index (χ2v) is 5.42. The molecule has 19 heavy (non-hydrogen) atoms. The fourth-order valence-corrected chi connectivity index (χ4v) is 1.87. The van der Waals surface area contributed by atoms with E-state index in [-0.39, 0.29) is 24.8 Å². The van der Waals surface area contributed by atoms with Gasteiger partial charge in [-0.05, 0) is 26.7 Å². The summed E-state index contributed by atoms with van der Waals surface area (Å²) in [5, 5.41) is 16.8. The summed E-state index contributed by atoms with van der Waals surface area (Å²) in [4.78, 5) is 11.9. The van der Waals surface area contributed by atoms with Gasteiger partial charge in [-0.3, -0.25) is 4.79 Å². The lowest BCUT2D eigenvalue weighted by Gasteiger charge is -2.29. The molecule has 2 atom stereocenters. The molecule has 2 unspecified atom stereocenters. The van der Waals surface area contributed by atoms with Crippen molar-refractivity contribution >= 4 is 5.91 Å². The first-order valence-electron chi connectivity index (χ1n) is 6.68. The Hall–Kier alpha value is -1.36. The van der Waals surface area contributed by atoms with Crippen LogP contribution in [0, 0.1) is 19.8 Å². The van der Waals surface area contributed by atoms with Gasteiger partial charge in [0, 0.05) is 12.1 Å². The topological polar surface area (TPSA) is 75.4 Å². The van der Waals surface area contributed by atoms with Crippen LogP contribution in [0.15, 0.2) is 4.52 Å². The van der Waals surface area contributed by atoms with Crippen LogP contribution in [-0.2, 0) is 11.2 Å². The maximum Gasteiger partial charge on any atom is 0.224 e. The second kappa shape index (κ2) is 6.19. The zero-order chi connectivity index (χ0) is 14.6. The summed E-state index contributed by atoms with van der Waals surface area (Å²) in [5.41, 5.74) is 0.672. The molecule has 0 bridgehead atoms. The van der Waals surface area contributed by atoms with Gasteiger partial charge in [0.05, 0.1) is 17.7 Å². The van der Waals surface area contributed by atoms with Crippen LogP contribution in [0.5, 0.6) is 0 Å². The number of aliphatic hydroxyl groups is 1. The Kier molecular flexibility index (Phi) is 5.11. The van der Waals surface area contributed by atoms with Crippen molar-refractivity contribution in [2.24, 2.45) is 5.92 Å². The maximum atomic E-state index is 11.9. The number of aromatic nitrogens is 1. The maximum absolute atomic E-state index is 11.9. The van der Waals surface area contributed by atoms with E-state index in [2.05, 4.69) is 10.5 Å². The van der Waals surface area contributed by atoms with E-state index in [9.17, 15) is 9.90 Å². The van der Waals surface area contributed by atoms with Crippen LogP contribution in [0.2, 0.25) is 0 Å².